The van der Waals surface area contributed by atoms with E-state index in [0.717, 1.165) is 12.1 Å². The number of rotatable bonds is 5. The van der Waals surface area contributed by atoms with Gasteiger partial charge in [-0.15, -0.1) is 0 Å². The van der Waals surface area contributed by atoms with Gasteiger partial charge in [-0.1, -0.05) is 41.7 Å². The van der Waals surface area contributed by atoms with E-state index in [-0.39, 0.29) is 12.2 Å². The van der Waals surface area contributed by atoms with Gasteiger partial charge in [-0.3, -0.25) is 14.0 Å². The number of esters is 1. The zero-order chi connectivity index (χ0) is 21.3. The summed E-state index contributed by atoms with van der Waals surface area (Å²) in [6.45, 7) is 6.55. The summed E-state index contributed by atoms with van der Waals surface area (Å²) in [5.41, 5.74) is 2.29. The molecule has 0 N–H and O–H groups in total. The van der Waals surface area contributed by atoms with Gasteiger partial charge in [0.1, 0.15) is 0 Å². The van der Waals surface area contributed by atoms with E-state index in [2.05, 4.69) is 10.1 Å². The van der Waals surface area contributed by atoms with Crippen LogP contribution in [0.25, 0.3) is 6.08 Å². The van der Waals surface area contributed by atoms with E-state index in [1.54, 1.807) is 29.2 Å². The average molecular weight is 423 g/mol. The van der Waals surface area contributed by atoms with E-state index in [9.17, 15) is 9.59 Å². The number of thiazole rings is 1. The first-order valence-corrected chi connectivity index (χ1v) is 10.6. The number of benzene rings is 1. The smallest absolute Gasteiger partial charge is 0.338 e. The molecule has 2 aromatic heterocycles. The van der Waals surface area contributed by atoms with Gasteiger partial charge in [0, 0.05) is 12.7 Å². The number of aryl methyl sites for hydroxylation is 1. The number of hydrogen-bond donors (Lipinski definition) is 0. The Bertz CT molecular complexity index is 1300. The van der Waals surface area contributed by atoms with E-state index < -0.39 is 12.0 Å². The molecule has 0 spiro atoms. The average Bonchev–Trinajstić information content (AvgIpc) is 3.32. The fourth-order valence-electron chi connectivity index (χ4n) is 3.51. The molecule has 3 aromatic rings. The van der Waals surface area contributed by atoms with Gasteiger partial charge in [0.15, 0.2) is 4.80 Å². The van der Waals surface area contributed by atoms with Crippen molar-refractivity contribution in [2.24, 2.45) is 4.99 Å². The Hall–Kier alpha value is -3.26. The number of carbonyl (C=O) groups is 1. The topological polar surface area (TPSA) is 78.5 Å². The van der Waals surface area contributed by atoms with Crippen molar-refractivity contribution >= 4 is 23.4 Å². The van der Waals surface area contributed by atoms with Gasteiger partial charge in [-0.2, -0.15) is 5.10 Å². The van der Waals surface area contributed by atoms with Crippen LogP contribution < -0.4 is 14.9 Å². The minimum Gasteiger partial charge on any atom is -0.463 e. The Morgan fingerprint density at radius 1 is 1.23 bits per heavy atom. The molecule has 7 nitrogen and oxygen atoms in total. The summed E-state index contributed by atoms with van der Waals surface area (Å²) in [5.74, 6) is -0.455. The van der Waals surface area contributed by atoms with E-state index >= 15 is 0 Å². The molecule has 154 valence electrons. The standard InChI is InChI=1S/C22H22N4O3S/c1-4-25-12-11-16(24-25)13-17-20(27)26-19(15-9-7-6-8-10-15)18(21(28)29-5-2)14(3)23-22(26)30-17/h6-13,19H,4-5H2,1-3H3/b17-13+/t19-/m1/s1. The van der Waals surface area contributed by atoms with Crippen LogP contribution in [0, 0.1) is 0 Å². The molecule has 0 saturated carbocycles. The normalized spacial score (nSPS) is 16.4. The molecular weight excluding hydrogens is 400 g/mol. The fourth-order valence-corrected chi connectivity index (χ4v) is 4.54. The molecule has 0 unspecified atom stereocenters. The molecule has 1 aliphatic rings. The fraction of sp³-hybridized carbons (Fsp3) is 0.273. The molecule has 0 aliphatic carbocycles. The Morgan fingerprint density at radius 3 is 2.67 bits per heavy atom. The molecule has 0 radical (unpaired) electrons. The predicted octanol–water partition coefficient (Wildman–Crippen LogP) is 2.01. The molecule has 0 saturated heterocycles. The van der Waals surface area contributed by atoms with E-state index in [0.29, 0.717) is 26.3 Å². The zero-order valence-corrected chi connectivity index (χ0v) is 17.8. The van der Waals surface area contributed by atoms with Crippen LogP contribution >= 0.6 is 11.3 Å². The van der Waals surface area contributed by atoms with Crippen LogP contribution in [0.2, 0.25) is 0 Å². The summed E-state index contributed by atoms with van der Waals surface area (Å²) in [6, 6.07) is 10.8. The summed E-state index contributed by atoms with van der Waals surface area (Å²) in [5, 5.41) is 4.44. The molecule has 1 atom stereocenters. The maximum Gasteiger partial charge on any atom is 0.338 e. The summed E-state index contributed by atoms with van der Waals surface area (Å²) in [4.78, 5) is 31.3. The van der Waals surface area contributed by atoms with Gasteiger partial charge in [0.2, 0.25) is 0 Å². The summed E-state index contributed by atoms with van der Waals surface area (Å²) < 4.78 is 9.20. The van der Waals surface area contributed by atoms with Crippen LogP contribution in [0.15, 0.2) is 63.7 Å². The van der Waals surface area contributed by atoms with Crippen molar-refractivity contribution in [2.45, 2.75) is 33.4 Å². The van der Waals surface area contributed by atoms with Crippen molar-refractivity contribution in [2.75, 3.05) is 6.61 Å². The molecule has 1 aromatic carbocycles. The monoisotopic (exact) mass is 422 g/mol. The molecule has 8 heteroatoms. The van der Waals surface area contributed by atoms with Gasteiger partial charge in [0.05, 0.1) is 34.1 Å². The van der Waals surface area contributed by atoms with Crippen molar-refractivity contribution in [1.82, 2.24) is 14.3 Å². The second-order valence-corrected chi connectivity index (χ2v) is 7.82. The number of nitrogens with zero attached hydrogens (tertiary/aromatic N) is 4. The zero-order valence-electron chi connectivity index (χ0n) is 17.0. The minimum atomic E-state index is -0.586. The van der Waals surface area contributed by atoms with Gasteiger partial charge < -0.3 is 4.74 Å². The highest BCUT2D eigenvalue weighted by Gasteiger charge is 2.33. The first-order valence-electron chi connectivity index (χ1n) is 9.81. The van der Waals surface area contributed by atoms with Gasteiger partial charge in [-0.05, 0) is 38.5 Å². The minimum absolute atomic E-state index is 0.201. The lowest BCUT2D eigenvalue weighted by atomic mass is 9.96. The lowest BCUT2D eigenvalue weighted by Gasteiger charge is -2.24. The highest BCUT2D eigenvalue weighted by molar-refractivity contribution is 7.07. The number of allylic oxidation sites excluding steroid dienone is 1. The lowest BCUT2D eigenvalue weighted by Crippen LogP contribution is -2.39. The third kappa shape index (κ3) is 3.54. The maximum absolute atomic E-state index is 13.4. The lowest BCUT2D eigenvalue weighted by molar-refractivity contribution is -0.139. The predicted molar refractivity (Wildman–Crippen MR) is 115 cm³/mol. The molecule has 30 heavy (non-hydrogen) atoms. The number of hydrogen-bond acceptors (Lipinski definition) is 6. The van der Waals surface area contributed by atoms with Crippen LogP contribution in [0.4, 0.5) is 0 Å². The van der Waals surface area contributed by atoms with Gasteiger partial charge >= 0.3 is 5.97 Å². The Labute approximate surface area is 177 Å². The van der Waals surface area contributed by atoms with Crippen molar-refractivity contribution in [1.29, 1.82) is 0 Å². The van der Waals surface area contributed by atoms with E-state index in [1.165, 1.54) is 11.3 Å². The first-order chi connectivity index (χ1) is 14.5. The highest BCUT2D eigenvalue weighted by Crippen LogP contribution is 2.30. The number of carbonyl (C=O) groups excluding carboxylic acids is 1. The van der Waals surface area contributed by atoms with Crippen molar-refractivity contribution in [3.8, 4) is 0 Å². The van der Waals surface area contributed by atoms with Crippen LogP contribution in [0.1, 0.15) is 38.1 Å². The quantitative estimate of drug-likeness (QED) is 0.590. The van der Waals surface area contributed by atoms with Crippen LogP contribution in [-0.4, -0.2) is 26.9 Å². The third-order valence-electron chi connectivity index (χ3n) is 4.90. The van der Waals surface area contributed by atoms with Crippen molar-refractivity contribution in [3.63, 3.8) is 0 Å². The molecule has 0 amide bonds. The number of ether oxygens (including phenoxy) is 1. The highest BCUT2D eigenvalue weighted by atomic mass is 32.1. The second-order valence-electron chi connectivity index (χ2n) is 6.81. The third-order valence-corrected chi connectivity index (χ3v) is 5.88. The molecule has 3 heterocycles. The molecule has 4 rings (SSSR count). The van der Waals surface area contributed by atoms with Crippen LogP contribution in [0.5, 0.6) is 0 Å². The van der Waals surface area contributed by atoms with Gasteiger partial charge in [0.25, 0.3) is 5.56 Å². The molecule has 0 bridgehead atoms. The molecular formula is C22H22N4O3S. The van der Waals surface area contributed by atoms with Crippen molar-refractivity contribution < 1.29 is 9.53 Å². The Morgan fingerprint density at radius 2 is 2.00 bits per heavy atom. The van der Waals surface area contributed by atoms with E-state index in [1.807, 2.05) is 49.5 Å². The van der Waals surface area contributed by atoms with Crippen molar-refractivity contribution in [3.05, 3.63) is 84.8 Å². The largest absolute Gasteiger partial charge is 0.463 e. The Balaban J connectivity index is 1.93. The molecule has 0 fully saturated rings. The molecule has 1 aliphatic heterocycles. The second kappa shape index (κ2) is 8.23. The van der Waals surface area contributed by atoms with Crippen LogP contribution in [-0.2, 0) is 16.1 Å². The summed E-state index contributed by atoms with van der Waals surface area (Å²) in [7, 11) is 0. The summed E-state index contributed by atoms with van der Waals surface area (Å²) >= 11 is 1.30. The van der Waals surface area contributed by atoms with Gasteiger partial charge in [-0.25, -0.2) is 9.79 Å². The maximum atomic E-state index is 13.4. The van der Waals surface area contributed by atoms with Crippen LogP contribution in [0.3, 0.4) is 0 Å². The summed E-state index contributed by atoms with van der Waals surface area (Å²) in [6.07, 6.45) is 3.64. The Kier molecular flexibility index (Phi) is 5.50. The van der Waals surface area contributed by atoms with E-state index in [4.69, 9.17) is 4.74 Å². The number of fused-ring (bicyclic) bond motifs is 1. The SMILES string of the molecule is CCOC(=O)C1=C(C)N=c2s/c(=C/c3ccn(CC)n3)c(=O)n2[C@@H]1c1ccccc1. The number of aromatic nitrogens is 3. The first kappa shape index (κ1) is 20.0.